The number of nitrogens with one attached hydrogen (secondary N) is 1. The van der Waals surface area contributed by atoms with Gasteiger partial charge in [0.15, 0.2) is 0 Å². The third kappa shape index (κ3) is 4.26. The Morgan fingerprint density at radius 1 is 1.21 bits per heavy atom. The molecule has 1 atom stereocenters. The van der Waals surface area contributed by atoms with E-state index in [9.17, 15) is 9.18 Å². The first-order valence-electron chi connectivity index (χ1n) is 10.1. The summed E-state index contributed by atoms with van der Waals surface area (Å²) in [4.78, 5) is 14.7. The van der Waals surface area contributed by atoms with Crippen LogP contribution in [0.3, 0.4) is 0 Å². The number of alkyl halides is 1. The summed E-state index contributed by atoms with van der Waals surface area (Å²) < 4.78 is 25.5. The number of amides is 1. The second-order valence-corrected chi connectivity index (χ2v) is 9.06. The largest absolute Gasteiger partial charge is 0.494 e. The third-order valence-corrected chi connectivity index (χ3v) is 6.24. The number of carbonyl (C=O) groups excluding carboxylic acids is 1. The molecule has 5 nitrogen and oxygen atoms in total. The van der Waals surface area contributed by atoms with Gasteiger partial charge in [-0.3, -0.25) is 9.69 Å². The number of benzene rings is 1. The van der Waals surface area contributed by atoms with Crippen LogP contribution in [0.5, 0.6) is 0 Å². The van der Waals surface area contributed by atoms with E-state index in [4.69, 9.17) is 9.31 Å². The van der Waals surface area contributed by atoms with Crippen molar-refractivity contribution >= 4 is 18.5 Å². The van der Waals surface area contributed by atoms with Crippen LogP contribution in [0, 0.1) is 13.8 Å². The highest BCUT2D eigenvalue weighted by Gasteiger charge is 2.51. The molecule has 0 aromatic heterocycles. The summed E-state index contributed by atoms with van der Waals surface area (Å²) in [6, 6.07) is 3.94. The minimum Gasteiger partial charge on any atom is -0.399 e. The molecular formula is C21H32BFN2O3. The average molecular weight is 390 g/mol. The Morgan fingerprint density at radius 3 is 2.29 bits per heavy atom. The summed E-state index contributed by atoms with van der Waals surface area (Å²) in [6.07, 6.45) is -0.144. The first-order chi connectivity index (χ1) is 13.0. The summed E-state index contributed by atoms with van der Waals surface area (Å²) >= 11 is 0. The second-order valence-electron chi connectivity index (χ2n) is 9.06. The molecule has 2 aliphatic rings. The van der Waals surface area contributed by atoms with Crippen LogP contribution in [0.2, 0.25) is 0 Å². The maximum Gasteiger partial charge on any atom is 0.494 e. The van der Waals surface area contributed by atoms with Crippen molar-refractivity contribution in [2.75, 3.05) is 26.2 Å². The lowest BCUT2D eigenvalue weighted by Crippen LogP contribution is -2.41. The summed E-state index contributed by atoms with van der Waals surface area (Å²) in [5.74, 6) is -0.0912. The number of carbonyl (C=O) groups is 1. The van der Waals surface area contributed by atoms with Gasteiger partial charge in [0.05, 0.1) is 11.2 Å². The van der Waals surface area contributed by atoms with Crippen LogP contribution in [0.1, 0.15) is 55.6 Å². The van der Waals surface area contributed by atoms with Crippen LogP contribution >= 0.6 is 0 Å². The van der Waals surface area contributed by atoms with E-state index in [1.54, 1.807) is 0 Å². The number of likely N-dealkylation sites (tertiary alicyclic amines) is 1. The molecule has 154 valence electrons. The van der Waals surface area contributed by atoms with E-state index in [0.29, 0.717) is 31.6 Å². The smallest absolute Gasteiger partial charge is 0.399 e. The minimum absolute atomic E-state index is 0.0912. The van der Waals surface area contributed by atoms with Crippen molar-refractivity contribution in [2.45, 2.75) is 65.3 Å². The van der Waals surface area contributed by atoms with E-state index in [1.807, 2.05) is 58.6 Å². The first kappa shape index (κ1) is 21.3. The predicted octanol–water partition coefficient (Wildman–Crippen LogP) is 2.38. The molecule has 2 aliphatic heterocycles. The van der Waals surface area contributed by atoms with Crippen LogP contribution < -0.4 is 10.8 Å². The lowest BCUT2D eigenvalue weighted by Gasteiger charge is -2.32. The highest BCUT2D eigenvalue weighted by atomic mass is 19.1. The molecule has 1 amide bonds. The Hall–Kier alpha value is -1.44. The van der Waals surface area contributed by atoms with Crippen molar-refractivity contribution in [1.82, 2.24) is 10.2 Å². The second kappa shape index (κ2) is 7.77. The van der Waals surface area contributed by atoms with Gasteiger partial charge in [-0.15, -0.1) is 0 Å². The fourth-order valence-corrected chi connectivity index (χ4v) is 3.87. The van der Waals surface area contributed by atoms with E-state index >= 15 is 0 Å². The molecule has 1 N–H and O–H groups in total. The highest BCUT2D eigenvalue weighted by Crippen LogP contribution is 2.36. The van der Waals surface area contributed by atoms with Crippen molar-refractivity contribution in [2.24, 2.45) is 0 Å². The van der Waals surface area contributed by atoms with Gasteiger partial charge in [-0.1, -0.05) is 12.1 Å². The van der Waals surface area contributed by atoms with Crippen LogP contribution in [-0.2, 0) is 9.31 Å². The molecule has 0 radical (unpaired) electrons. The molecule has 7 heteroatoms. The average Bonchev–Trinajstić information content (AvgIpc) is 3.07. The van der Waals surface area contributed by atoms with Crippen molar-refractivity contribution in [1.29, 1.82) is 0 Å². The normalized spacial score (nSPS) is 24.0. The maximum atomic E-state index is 13.2. The first-order valence-corrected chi connectivity index (χ1v) is 10.1. The van der Waals surface area contributed by atoms with Gasteiger partial charge in [0.2, 0.25) is 0 Å². The number of hydrogen-bond donors (Lipinski definition) is 1. The molecule has 2 heterocycles. The summed E-state index contributed by atoms with van der Waals surface area (Å²) in [7, 11) is -0.441. The third-order valence-electron chi connectivity index (χ3n) is 6.24. The molecular weight excluding hydrogens is 358 g/mol. The van der Waals surface area contributed by atoms with Gasteiger partial charge in [-0.2, -0.15) is 0 Å². The molecule has 1 unspecified atom stereocenters. The topological polar surface area (TPSA) is 50.8 Å². The van der Waals surface area contributed by atoms with Crippen LogP contribution in [0.15, 0.2) is 12.1 Å². The van der Waals surface area contributed by atoms with Crippen molar-refractivity contribution < 1.29 is 18.5 Å². The Morgan fingerprint density at radius 2 is 1.79 bits per heavy atom. The molecule has 0 saturated carbocycles. The Bertz CT molecular complexity index is 714. The quantitative estimate of drug-likeness (QED) is 0.785. The van der Waals surface area contributed by atoms with Gasteiger partial charge >= 0.3 is 7.12 Å². The molecule has 2 saturated heterocycles. The maximum absolute atomic E-state index is 13.2. The zero-order valence-electron chi connectivity index (χ0n) is 17.9. The van der Waals surface area contributed by atoms with Crippen LogP contribution in [0.4, 0.5) is 4.39 Å². The van der Waals surface area contributed by atoms with Crippen LogP contribution in [0.25, 0.3) is 0 Å². The lowest BCUT2D eigenvalue weighted by atomic mass is 9.76. The predicted molar refractivity (Wildman–Crippen MR) is 110 cm³/mol. The van der Waals surface area contributed by atoms with E-state index in [-0.39, 0.29) is 5.91 Å². The SMILES string of the molecule is Cc1cc(B2OC(C)(C)C(C)(C)O2)cc(C)c1C(=O)NCCN1CCC(F)C1. The molecule has 0 aliphatic carbocycles. The van der Waals surface area contributed by atoms with Gasteiger partial charge in [-0.25, -0.2) is 4.39 Å². The summed E-state index contributed by atoms with van der Waals surface area (Å²) in [5, 5.41) is 2.97. The van der Waals surface area contributed by atoms with E-state index in [0.717, 1.165) is 23.1 Å². The lowest BCUT2D eigenvalue weighted by molar-refractivity contribution is 0.00578. The number of aryl methyl sites for hydroxylation is 2. The molecule has 28 heavy (non-hydrogen) atoms. The van der Waals surface area contributed by atoms with Gasteiger partial charge in [-0.05, 0) is 64.6 Å². The van der Waals surface area contributed by atoms with Crippen LogP contribution in [-0.4, -0.2) is 61.5 Å². The number of nitrogens with zero attached hydrogens (tertiary/aromatic N) is 1. The molecule has 3 rings (SSSR count). The van der Waals surface area contributed by atoms with Gasteiger partial charge < -0.3 is 14.6 Å². The van der Waals surface area contributed by atoms with Gasteiger partial charge in [0.1, 0.15) is 6.17 Å². The van der Waals surface area contributed by atoms with Crippen molar-refractivity contribution in [3.8, 4) is 0 Å². The molecule has 2 fully saturated rings. The molecule has 1 aromatic carbocycles. The van der Waals surface area contributed by atoms with Crippen molar-refractivity contribution in [3.63, 3.8) is 0 Å². The van der Waals surface area contributed by atoms with Gasteiger partial charge in [0, 0.05) is 31.7 Å². The minimum atomic E-state index is -0.734. The van der Waals surface area contributed by atoms with E-state index in [1.165, 1.54) is 0 Å². The molecule has 0 bridgehead atoms. The van der Waals surface area contributed by atoms with E-state index < -0.39 is 24.5 Å². The fourth-order valence-electron chi connectivity index (χ4n) is 3.87. The summed E-state index contributed by atoms with van der Waals surface area (Å²) in [5.41, 5.74) is 2.61. The highest BCUT2D eigenvalue weighted by molar-refractivity contribution is 6.62. The number of rotatable bonds is 5. The Balaban J connectivity index is 1.66. The zero-order valence-corrected chi connectivity index (χ0v) is 17.9. The Kier molecular flexibility index (Phi) is 5.90. The number of halogens is 1. The zero-order chi connectivity index (χ0) is 20.7. The number of hydrogen-bond acceptors (Lipinski definition) is 4. The molecule has 1 aromatic rings. The fraction of sp³-hybridized carbons (Fsp3) is 0.667. The standard InChI is InChI=1S/C21H32BFN2O3/c1-14-11-16(22-27-20(3,4)21(5,6)28-22)12-15(2)18(14)19(26)24-8-10-25-9-7-17(23)13-25/h11-12,17H,7-10,13H2,1-6H3,(H,24,26). The van der Waals surface area contributed by atoms with Gasteiger partial charge in [0.25, 0.3) is 5.91 Å². The molecule has 0 spiro atoms. The Labute approximate surface area is 168 Å². The van der Waals surface area contributed by atoms with E-state index in [2.05, 4.69) is 5.32 Å². The van der Waals surface area contributed by atoms with Crippen molar-refractivity contribution in [3.05, 3.63) is 28.8 Å². The summed E-state index contributed by atoms with van der Waals surface area (Å²) in [6.45, 7) is 14.4. The monoisotopic (exact) mass is 390 g/mol.